The molecule has 0 fully saturated rings. The smallest absolute Gasteiger partial charge is 0.177 e. The van der Waals surface area contributed by atoms with E-state index in [9.17, 15) is 4.39 Å². The van der Waals surface area contributed by atoms with Gasteiger partial charge in [0.2, 0.25) is 0 Å². The molecule has 0 unspecified atom stereocenters. The van der Waals surface area contributed by atoms with Crippen molar-refractivity contribution < 1.29 is 8.91 Å². The SMILES string of the molecule is Cc1cc(F)cc(-c2onc(N)c2-c2cccc(C)c2)c1. The molecule has 0 amide bonds. The number of hydrogen-bond acceptors (Lipinski definition) is 3. The van der Waals surface area contributed by atoms with Crippen molar-refractivity contribution in [3.63, 3.8) is 0 Å². The number of rotatable bonds is 2. The molecule has 0 saturated heterocycles. The zero-order valence-electron chi connectivity index (χ0n) is 11.9. The zero-order chi connectivity index (χ0) is 15.0. The van der Waals surface area contributed by atoms with Crippen molar-refractivity contribution in [3.05, 3.63) is 59.4 Å². The summed E-state index contributed by atoms with van der Waals surface area (Å²) in [5, 5.41) is 3.84. The predicted molar refractivity (Wildman–Crippen MR) is 81.2 cm³/mol. The number of anilines is 1. The summed E-state index contributed by atoms with van der Waals surface area (Å²) in [6.07, 6.45) is 0. The Morgan fingerprint density at radius 1 is 1.00 bits per heavy atom. The molecule has 3 rings (SSSR count). The zero-order valence-corrected chi connectivity index (χ0v) is 11.9. The molecule has 21 heavy (non-hydrogen) atoms. The van der Waals surface area contributed by atoms with Crippen molar-refractivity contribution in [3.8, 4) is 22.5 Å². The second kappa shape index (κ2) is 5.05. The first-order valence-electron chi connectivity index (χ1n) is 6.64. The van der Waals surface area contributed by atoms with Gasteiger partial charge in [-0.25, -0.2) is 4.39 Å². The highest BCUT2D eigenvalue weighted by atomic mass is 19.1. The fourth-order valence-electron chi connectivity index (χ4n) is 2.45. The van der Waals surface area contributed by atoms with E-state index in [2.05, 4.69) is 5.16 Å². The molecule has 0 saturated carbocycles. The van der Waals surface area contributed by atoms with Crippen LogP contribution in [0.5, 0.6) is 0 Å². The van der Waals surface area contributed by atoms with Crippen LogP contribution in [-0.4, -0.2) is 5.16 Å². The summed E-state index contributed by atoms with van der Waals surface area (Å²) in [6, 6.07) is 12.6. The number of nitrogen functional groups attached to an aromatic ring is 1. The van der Waals surface area contributed by atoms with Gasteiger partial charge in [0.25, 0.3) is 0 Å². The van der Waals surface area contributed by atoms with Crippen LogP contribution in [0.3, 0.4) is 0 Å². The van der Waals surface area contributed by atoms with Gasteiger partial charge in [-0.2, -0.15) is 0 Å². The van der Waals surface area contributed by atoms with E-state index in [0.717, 1.165) is 16.7 Å². The minimum Gasteiger partial charge on any atom is -0.380 e. The highest BCUT2D eigenvalue weighted by molar-refractivity contribution is 5.86. The first kappa shape index (κ1) is 13.4. The normalized spacial score (nSPS) is 10.8. The van der Waals surface area contributed by atoms with Crippen molar-refractivity contribution in [2.75, 3.05) is 5.73 Å². The van der Waals surface area contributed by atoms with E-state index in [0.29, 0.717) is 22.7 Å². The summed E-state index contributed by atoms with van der Waals surface area (Å²) in [4.78, 5) is 0. The lowest BCUT2D eigenvalue weighted by Crippen LogP contribution is -1.90. The molecule has 3 aromatic rings. The Kier molecular flexibility index (Phi) is 3.22. The Labute approximate surface area is 122 Å². The molecule has 0 atom stereocenters. The van der Waals surface area contributed by atoms with Crippen molar-refractivity contribution in [1.29, 1.82) is 0 Å². The van der Waals surface area contributed by atoms with E-state index >= 15 is 0 Å². The van der Waals surface area contributed by atoms with Crippen LogP contribution in [0.4, 0.5) is 10.2 Å². The predicted octanol–water partition coefficient (Wildman–Crippen LogP) is 4.35. The second-order valence-corrected chi connectivity index (χ2v) is 5.16. The van der Waals surface area contributed by atoms with Gasteiger partial charge in [-0.15, -0.1) is 0 Å². The molecule has 3 nitrogen and oxygen atoms in total. The van der Waals surface area contributed by atoms with Gasteiger partial charge in [-0.1, -0.05) is 35.0 Å². The Morgan fingerprint density at radius 3 is 2.48 bits per heavy atom. The van der Waals surface area contributed by atoms with Gasteiger partial charge in [0, 0.05) is 5.56 Å². The number of aromatic nitrogens is 1. The molecule has 4 heteroatoms. The van der Waals surface area contributed by atoms with Crippen molar-refractivity contribution >= 4 is 5.82 Å². The fraction of sp³-hybridized carbons (Fsp3) is 0.118. The molecule has 0 spiro atoms. The van der Waals surface area contributed by atoms with Crippen LogP contribution < -0.4 is 5.73 Å². The summed E-state index contributed by atoms with van der Waals surface area (Å²) in [5.74, 6) is 0.480. The number of benzene rings is 2. The topological polar surface area (TPSA) is 52.0 Å². The third kappa shape index (κ3) is 2.52. The standard InChI is InChI=1S/C17H15FN2O/c1-10-4-3-5-12(6-10)15-16(21-20-17(15)19)13-7-11(2)8-14(18)9-13/h3-9H,1-2H3,(H2,19,20). The van der Waals surface area contributed by atoms with Gasteiger partial charge in [-0.3, -0.25) is 0 Å². The van der Waals surface area contributed by atoms with Crippen molar-refractivity contribution in [2.24, 2.45) is 0 Å². The van der Waals surface area contributed by atoms with Gasteiger partial charge in [-0.05, 0) is 43.2 Å². The Hall–Kier alpha value is -2.62. The third-order valence-corrected chi connectivity index (χ3v) is 3.33. The van der Waals surface area contributed by atoms with Gasteiger partial charge >= 0.3 is 0 Å². The van der Waals surface area contributed by atoms with Crippen molar-refractivity contribution in [1.82, 2.24) is 5.16 Å². The second-order valence-electron chi connectivity index (χ2n) is 5.16. The molecule has 0 radical (unpaired) electrons. The highest BCUT2D eigenvalue weighted by Crippen LogP contribution is 2.37. The van der Waals surface area contributed by atoms with Crippen LogP contribution in [0.2, 0.25) is 0 Å². The molecule has 0 aliphatic carbocycles. The Morgan fingerprint density at radius 2 is 1.76 bits per heavy atom. The summed E-state index contributed by atoms with van der Waals surface area (Å²) >= 11 is 0. The molecule has 0 aliphatic heterocycles. The Bertz CT molecular complexity index is 788. The molecule has 0 bridgehead atoms. The summed E-state index contributed by atoms with van der Waals surface area (Å²) in [5.41, 5.74) is 10.1. The van der Waals surface area contributed by atoms with Crippen LogP contribution in [0.1, 0.15) is 11.1 Å². The van der Waals surface area contributed by atoms with Crippen LogP contribution in [0.25, 0.3) is 22.5 Å². The summed E-state index contributed by atoms with van der Waals surface area (Å²) in [7, 11) is 0. The molecule has 0 aliphatic rings. The molecular formula is C17H15FN2O. The van der Waals surface area contributed by atoms with Crippen LogP contribution in [0, 0.1) is 19.7 Å². The molecule has 1 aromatic heterocycles. The van der Waals surface area contributed by atoms with Crippen LogP contribution in [0.15, 0.2) is 47.0 Å². The van der Waals surface area contributed by atoms with E-state index in [1.807, 2.05) is 44.2 Å². The lowest BCUT2D eigenvalue weighted by Gasteiger charge is -2.05. The van der Waals surface area contributed by atoms with Gasteiger partial charge in [0.15, 0.2) is 11.6 Å². The van der Waals surface area contributed by atoms with E-state index in [1.54, 1.807) is 0 Å². The molecule has 2 N–H and O–H groups in total. The largest absolute Gasteiger partial charge is 0.380 e. The van der Waals surface area contributed by atoms with Gasteiger partial charge in [0.05, 0.1) is 5.56 Å². The number of nitrogens with zero attached hydrogens (tertiary/aromatic N) is 1. The minimum atomic E-state index is -0.310. The molecule has 1 heterocycles. The Balaban J connectivity index is 2.21. The first-order valence-corrected chi connectivity index (χ1v) is 6.64. The molecule has 106 valence electrons. The van der Waals surface area contributed by atoms with E-state index in [-0.39, 0.29) is 5.82 Å². The maximum Gasteiger partial charge on any atom is 0.177 e. The maximum atomic E-state index is 13.6. The lowest BCUT2D eigenvalue weighted by molar-refractivity contribution is 0.435. The first-order chi connectivity index (χ1) is 10.0. The quantitative estimate of drug-likeness (QED) is 0.760. The summed E-state index contributed by atoms with van der Waals surface area (Å²) in [6.45, 7) is 3.83. The van der Waals surface area contributed by atoms with Gasteiger partial charge in [0.1, 0.15) is 5.82 Å². The minimum absolute atomic E-state index is 0.303. The van der Waals surface area contributed by atoms with Crippen LogP contribution in [-0.2, 0) is 0 Å². The van der Waals surface area contributed by atoms with Crippen molar-refractivity contribution in [2.45, 2.75) is 13.8 Å². The summed E-state index contributed by atoms with van der Waals surface area (Å²) < 4.78 is 19.0. The van der Waals surface area contributed by atoms with E-state index in [1.165, 1.54) is 12.1 Å². The van der Waals surface area contributed by atoms with E-state index < -0.39 is 0 Å². The number of hydrogen-bond donors (Lipinski definition) is 1. The number of nitrogens with two attached hydrogens (primary N) is 1. The number of halogens is 1. The monoisotopic (exact) mass is 282 g/mol. The fourth-order valence-corrected chi connectivity index (χ4v) is 2.45. The third-order valence-electron chi connectivity index (χ3n) is 3.33. The maximum absolute atomic E-state index is 13.6. The van der Waals surface area contributed by atoms with Gasteiger partial charge < -0.3 is 10.3 Å². The van der Waals surface area contributed by atoms with E-state index in [4.69, 9.17) is 10.3 Å². The average Bonchev–Trinajstić information content (AvgIpc) is 2.79. The highest BCUT2D eigenvalue weighted by Gasteiger charge is 2.18. The molecular weight excluding hydrogens is 267 g/mol. The molecule has 2 aromatic carbocycles. The average molecular weight is 282 g/mol. The number of aryl methyl sites for hydroxylation is 2. The van der Waals surface area contributed by atoms with Crippen LogP contribution >= 0.6 is 0 Å². The lowest BCUT2D eigenvalue weighted by atomic mass is 9.99.